The first kappa shape index (κ1) is 17.0. The Labute approximate surface area is 137 Å². The molecule has 2 rings (SSSR count). The van der Waals surface area contributed by atoms with Crippen LogP contribution in [0.5, 0.6) is 5.75 Å². The van der Waals surface area contributed by atoms with Crippen LogP contribution >= 0.6 is 0 Å². The van der Waals surface area contributed by atoms with Crippen LogP contribution in [0.25, 0.3) is 0 Å². The summed E-state index contributed by atoms with van der Waals surface area (Å²) in [5.74, 6) is -1.88. The van der Waals surface area contributed by atoms with Crippen LogP contribution in [0.4, 0.5) is 4.39 Å². The number of amides is 2. The van der Waals surface area contributed by atoms with Gasteiger partial charge in [0.15, 0.2) is 17.7 Å². The van der Waals surface area contributed by atoms with Gasteiger partial charge in [0.2, 0.25) is 0 Å². The van der Waals surface area contributed by atoms with Gasteiger partial charge in [0, 0.05) is 5.56 Å². The van der Waals surface area contributed by atoms with Crippen LogP contribution in [0.2, 0.25) is 0 Å². The maximum atomic E-state index is 13.5. The van der Waals surface area contributed by atoms with Gasteiger partial charge in [-0.1, -0.05) is 18.2 Å². The summed E-state index contributed by atoms with van der Waals surface area (Å²) in [5.41, 5.74) is 4.94. The van der Waals surface area contributed by atoms with Crippen molar-refractivity contribution >= 4 is 11.8 Å². The van der Waals surface area contributed by atoms with Gasteiger partial charge < -0.3 is 4.74 Å². The van der Waals surface area contributed by atoms with E-state index in [0.29, 0.717) is 5.56 Å². The summed E-state index contributed by atoms with van der Waals surface area (Å²) in [6.45, 7) is 1.42. The Balaban J connectivity index is 1.91. The first-order chi connectivity index (χ1) is 11.5. The monoisotopic (exact) mass is 327 g/mol. The van der Waals surface area contributed by atoms with E-state index >= 15 is 0 Å². The quantitative estimate of drug-likeness (QED) is 0.840. The third kappa shape index (κ3) is 4.30. The molecule has 24 heavy (non-hydrogen) atoms. The van der Waals surface area contributed by atoms with E-state index < -0.39 is 23.7 Å². The van der Waals surface area contributed by atoms with E-state index in [1.54, 1.807) is 18.2 Å². The minimum Gasteiger partial charge on any atom is -0.478 e. The average molecular weight is 327 g/mol. The van der Waals surface area contributed by atoms with E-state index in [0.717, 1.165) is 0 Å². The lowest BCUT2D eigenvalue weighted by atomic mass is 10.1. The van der Waals surface area contributed by atoms with Gasteiger partial charge in [-0.3, -0.25) is 20.4 Å². The van der Waals surface area contributed by atoms with Gasteiger partial charge in [-0.2, -0.15) is 5.26 Å². The normalized spacial score (nSPS) is 11.0. The molecule has 7 heteroatoms. The zero-order chi connectivity index (χ0) is 17.5. The van der Waals surface area contributed by atoms with Crippen LogP contribution in [-0.2, 0) is 4.79 Å². The van der Waals surface area contributed by atoms with Crippen LogP contribution in [-0.4, -0.2) is 17.9 Å². The summed E-state index contributed by atoms with van der Waals surface area (Å²) in [4.78, 5) is 23.8. The molecule has 6 nitrogen and oxygen atoms in total. The van der Waals surface area contributed by atoms with Crippen LogP contribution < -0.4 is 15.6 Å². The summed E-state index contributed by atoms with van der Waals surface area (Å²) in [7, 11) is 0. The van der Waals surface area contributed by atoms with Gasteiger partial charge in [-0.05, 0) is 37.3 Å². The summed E-state index contributed by atoms with van der Waals surface area (Å²) in [6, 6.07) is 13.6. The third-order valence-corrected chi connectivity index (χ3v) is 3.06. The average Bonchev–Trinajstić information content (AvgIpc) is 2.61. The fourth-order valence-electron chi connectivity index (χ4n) is 1.81. The minimum atomic E-state index is -1.02. The standard InChI is InChI=1S/C17H14FN3O3/c1-11(24-15-8-3-2-7-14(15)18)16(22)20-21-17(23)13-6-4-5-12(9-13)10-19/h2-9,11H,1H3,(H,20,22)(H,21,23). The van der Waals surface area contributed by atoms with Crippen molar-refractivity contribution in [2.75, 3.05) is 0 Å². The topological polar surface area (TPSA) is 91.2 Å². The van der Waals surface area contributed by atoms with Crippen molar-refractivity contribution in [2.45, 2.75) is 13.0 Å². The third-order valence-electron chi connectivity index (χ3n) is 3.06. The predicted octanol–water partition coefficient (Wildman–Crippen LogP) is 1.93. The maximum absolute atomic E-state index is 13.5. The zero-order valence-electron chi connectivity index (χ0n) is 12.7. The van der Waals surface area contributed by atoms with E-state index in [9.17, 15) is 14.0 Å². The van der Waals surface area contributed by atoms with Gasteiger partial charge in [0.25, 0.3) is 11.8 Å². The van der Waals surface area contributed by atoms with Gasteiger partial charge in [-0.15, -0.1) is 0 Å². The fourth-order valence-corrected chi connectivity index (χ4v) is 1.81. The highest BCUT2D eigenvalue weighted by atomic mass is 19.1. The zero-order valence-corrected chi connectivity index (χ0v) is 12.7. The Bertz CT molecular complexity index is 802. The number of halogens is 1. The van der Waals surface area contributed by atoms with Crippen molar-refractivity contribution in [3.05, 3.63) is 65.5 Å². The molecular formula is C17H14FN3O3. The minimum absolute atomic E-state index is 0.0619. The van der Waals surface area contributed by atoms with Crippen LogP contribution in [0.15, 0.2) is 48.5 Å². The van der Waals surface area contributed by atoms with E-state index in [2.05, 4.69) is 10.9 Å². The van der Waals surface area contributed by atoms with E-state index in [1.165, 1.54) is 37.3 Å². The molecule has 1 unspecified atom stereocenters. The Hall–Kier alpha value is -3.40. The molecule has 0 aliphatic heterocycles. The number of hydrazine groups is 1. The molecule has 2 N–H and O–H groups in total. The van der Waals surface area contributed by atoms with E-state index in [4.69, 9.17) is 10.00 Å². The number of hydrogen-bond acceptors (Lipinski definition) is 4. The number of hydrogen-bond donors (Lipinski definition) is 2. The number of para-hydroxylation sites is 1. The molecule has 0 radical (unpaired) electrons. The highest BCUT2D eigenvalue weighted by Crippen LogP contribution is 2.16. The molecule has 0 aliphatic carbocycles. The van der Waals surface area contributed by atoms with E-state index in [1.807, 2.05) is 6.07 Å². The molecule has 1 atom stereocenters. The van der Waals surface area contributed by atoms with Crippen molar-refractivity contribution in [1.82, 2.24) is 10.9 Å². The highest BCUT2D eigenvalue weighted by molar-refractivity contribution is 5.96. The SMILES string of the molecule is CC(Oc1ccccc1F)C(=O)NNC(=O)c1cccc(C#N)c1. The molecule has 0 spiro atoms. The molecule has 0 fully saturated rings. The van der Waals surface area contributed by atoms with Gasteiger partial charge in [0.05, 0.1) is 11.6 Å². The molecule has 2 aromatic carbocycles. The first-order valence-electron chi connectivity index (χ1n) is 7.03. The predicted molar refractivity (Wildman–Crippen MR) is 83.3 cm³/mol. The second kappa shape index (κ2) is 7.74. The highest BCUT2D eigenvalue weighted by Gasteiger charge is 2.17. The largest absolute Gasteiger partial charge is 0.478 e. The molecule has 0 saturated heterocycles. The lowest BCUT2D eigenvalue weighted by Crippen LogP contribution is -2.47. The van der Waals surface area contributed by atoms with Crippen molar-refractivity contribution in [3.63, 3.8) is 0 Å². The van der Waals surface area contributed by atoms with Crippen LogP contribution in [0.3, 0.4) is 0 Å². The number of carbonyl (C=O) groups is 2. The van der Waals surface area contributed by atoms with Crippen LogP contribution in [0, 0.1) is 17.1 Å². The number of rotatable bonds is 4. The summed E-state index contributed by atoms with van der Waals surface area (Å²) < 4.78 is 18.7. The maximum Gasteiger partial charge on any atom is 0.279 e. The van der Waals surface area contributed by atoms with Gasteiger partial charge in [-0.25, -0.2) is 4.39 Å². The summed E-state index contributed by atoms with van der Waals surface area (Å²) in [5, 5.41) is 8.80. The first-order valence-corrected chi connectivity index (χ1v) is 7.03. The van der Waals surface area contributed by atoms with Crippen LogP contribution in [0.1, 0.15) is 22.8 Å². The van der Waals surface area contributed by atoms with Gasteiger partial charge >= 0.3 is 0 Å². The molecule has 122 valence electrons. The molecule has 2 aromatic rings. The Morgan fingerprint density at radius 2 is 1.92 bits per heavy atom. The lowest BCUT2D eigenvalue weighted by molar-refractivity contribution is -0.128. The number of benzene rings is 2. The fraction of sp³-hybridized carbons (Fsp3) is 0.118. The second-order valence-corrected chi connectivity index (χ2v) is 4.83. The van der Waals surface area contributed by atoms with Gasteiger partial charge in [0.1, 0.15) is 0 Å². The van der Waals surface area contributed by atoms with E-state index in [-0.39, 0.29) is 11.3 Å². The molecule has 0 aromatic heterocycles. The lowest BCUT2D eigenvalue weighted by Gasteiger charge is -2.15. The molecule has 0 saturated carbocycles. The molecule has 0 bridgehead atoms. The second-order valence-electron chi connectivity index (χ2n) is 4.83. The Morgan fingerprint density at radius 1 is 1.17 bits per heavy atom. The Morgan fingerprint density at radius 3 is 2.62 bits per heavy atom. The Kier molecular flexibility index (Phi) is 5.47. The summed E-state index contributed by atoms with van der Waals surface area (Å²) >= 11 is 0. The number of nitrogens with one attached hydrogen (secondary N) is 2. The molecule has 0 aliphatic rings. The number of ether oxygens (including phenoxy) is 1. The summed E-state index contributed by atoms with van der Waals surface area (Å²) in [6.07, 6.45) is -1.02. The molecule has 0 heterocycles. The van der Waals surface area contributed by atoms with Crippen molar-refractivity contribution < 1.29 is 18.7 Å². The number of nitrogens with zero attached hydrogens (tertiary/aromatic N) is 1. The van der Waals surface area contributed by atoms with Crippen molar-refractivity contribution in [2.24, 2.45) is 0 Å². The van der Waals surface area contributed by atoms with Crippen molar-refractivity contribution in [3.8, 4) is 11.8 Å². The molecule has 2 amide bonds. The number of carbonyl (C=O) groups excluding carboxylic acids is 2. The number of nitriles is 1. The molecular weight excluding hydrogens is 313 g/mol. The van der Waals surface area contributed by atoms with Crippen molar-refractivity contribution in [1.29, 1.82) is 5.26 Å². The smallest absolute Gasteiger partial charge is 0.279 e.